The van der Waals surface area contributed by atoms with E-state index < -0.39 is 17.4 Å². The molecule has 2 bridgehead atoms. The first-order valence-corrected chi connectivity index (χ1v) is 10.9. The van der Waals surface area contributed by atoms with E-state index in [4.69, 9.17) is 9.47 Å². The van der Waals surface area contributed by atoms with Crippen LogP contribution < -0.4 is 15.0 Å². The second-order valence-corrected chi connectivity index (χ2v) is 8.19. The Morgan fingerprint density at radius 1 is 1.30 bits per heavy atom. The summed E-state index contributed by atoms with van der Waals surface area (Å²) in [7, 11) is 1.61. The van der Waals surface area contributed by atoms with Crippen LogP contribution in [0.4, 0.5) is 5.69 Å². The van der Waals surface area contributed by atoms with Crippen LogP contribution in [0.1, 0.15) is 20.3 Å². The molecule has 2 fully saturated rings. The first-order valence-electron chi connectivity index (χ1n) is 10.9. The average molecular weight is 414 g/mol. The third kappa shape index (κ3) is 3.50. The molecule has 1 N–H and O–H groups in total. The van der Waals surface area contributed by atoms with E-state index in [1.165, 1.54) is 0 Å². The van der Waals surface area contributed by atoms with E-state index >= 15 is 0 Å². The normalized spacial score (nSPS) is 29.0. The summed E-state index contributed by atoms with van der Waals surface area (Å²) in [4.78, 5) is 30.4. The van der Waals surface area contributed by atoms with E-state index in [0.29, 0.717) is 13.1 Å². The van der Waals surface area contributed by atoms with Gasteiger partial charge in [-0.3, -0.25) is 9.59 Å². The predicted octanol–water partition coefficient (Wildman–Crippen LogP) is 1.83. The maximum absolute atomic E-state index is 13.3. The summed E-state index contributed by atoms with van der Waals surface area (Å²) >= 11 is 0. The Morgan fingerprint density at radius 3 is 2.70 bits per heavy atom. The van der Waals surface area contributed by atoms with E-state index in [9.17, 15) is 9.59 Å². The Kier molecular flexibility index (Phi) is 5.84. The Morgan fingerprint density at radius 2 is 2.03 bits per heavy atom. The van der Waals surface area contributed by atoms with Crippen LogP contribution in [-0.4, -0.2) is 68.3 Å². The number of nitrogens with one attached hydrogen (secondary N) is 1. The highest BCUT2D eigenvalue weighted by Crippen LogP contribution is 2.52. The third-order valence-electron chi connectivity index (χ3n) is 6.63. The van der Waals surface area contributed by atoms with Gasteiger partial charge in [0.2, 0.25) is 11.8 Å². The monoisotopic (exact) mass is 413 g/mol. The zero-order valence-corrected chi connectivity index (χ0v) is 18.0. The molecule has 7 nitrogen and oxygen atoms in total. The molecule has 7 heteroatoms. The van der Waals surface area contributed by atoms with Crippen LogP contribution in [0.5, 0.6) is 5.75 Å². The molecule has 1 aromatic rings. The van der Waals surface area contributed by atoms with Crippen molar-refractivity contribution in [2.75, 3.05) is 44.7 Å². The van der Waals surface area contributed by atoms with Gasteiger partial charge in [-0.25, -0.2) is 0 Å². The molecule has 30 heavy (non-hydrogen) atoms. The first-order chi connectivity index (χ1) is 14.5. The van der Waals surface area contributed by atoms with Gasteiger partial charge < -0.3 is 24.6 Å². The molecule has 4 rings (SSSR count). The average Bonchev–Trinajstić information content (AvgIpc) is 3.42. The Labute approximate surface area is 178 Å². The van der Waals surface area contributed by atoms with Crippen molar-refractivity contribution in [3.05, 3.63) is 36.4 Å². The Bertz CT molecular complexity index is 820. The molecular weight excluding hydrogens is 382 g/mol. The second kappa shape index (κ2) is 8.40. The van der Waals surface area contributed by atoms with Crippen LogP contribution in [0.3, 0.4) is 0 Å². The van der Waals surface area contributed by atoms with Crippen LogP contribution in [0, 0.1) is 11.8 Å². The van der Waals surface area contributed by atoms with E-state index in [1.54, 1.807) is 12.0 Å². The highest BCUT2D eigenvalue weighted by Gasteiger charge is 2.67. The van der Waals surface area contributed by atoms with Crippen LogP contribution >= 0.6 is 0 Å². The molecule has 3 aliphatic heterocycles. The molecule has 2 amide bonds. The maximum Gasteiger partial charge on any atom is 0.234 e. The standard InChI is InChI=1S/C23H31N3O4/c1-4-25(5-2)14-6-13-24-21(27)19-18-11-12-23(30-18)15-26(22(28)20(19)23)16-7-9-17(29-3)10-8-16/h7-12,18-20H,4-6,13-15H2,1-3H3,(H,24,27)/t18-,19?,20+,23-/m1/s1. The van der Waals surface area contributed by atoms with Crippen molar-refractivity contribution in [2.24, 2.45) is 11.8 Å². The lowest BCUT2D eigenvalue weighted by Gasteiger charge is -2.24. The Balaban J connectivity index is 1.43. The molecule has 0 saturated carbocycles. The summed E-state index contributed by atoms with van der Waals surface area (Å²) in [5.74, 6) is -0.338. The number of anilines is 1. The number of carbonyl (C=O) groups is 2. The van der Waals surface area contributed by atoms with Gasteiger partial charge in [0.1, 0.15) is 11.4 Å². The van der Waals surface area contributed by atoms with Crippen molar-refractivity contribution in [3.63, 3.8) is 0 Å². The maximum atomic E-state index is 13.3. The number of amides is 2. The number of fused-ring (bicyclic) bond motifs is 1. The minimum atomic E-state index is -0.703. The van der Waals surface area contributed by atoms with E-state index in [0.717, 1.165) is 37.5 Å². The molecule has 1 aromatic carbocycles. The largest absolute Gasteiger partial charge is 0.497 e. The fraction of sp³-hybridized carbons (Fsp3) is 0.565. The number of methoxy groups -OCH3 is 1. The predicted molar refractivity (Wildman–Crippen MR) is 114 cm³/mol. The first kappa shape index (κ1) is 20.9. The molecule has 1 unspecified atom stereocenters. The van der Waals surface area contributed by atoms with Gasteiger partial charge in [-0.1, -0.05) is 26.0 Å². The van der Waals surface area contributed by atoms with Gasteiger partial charge in [-0.05, 0) is 50.3 Å². The second-order valence-electron chi connectivity index (χ2n) is 8.19. The summed E-state index contributed by atoms with van der Waals surface area (Å²) < 4.78 is 11.4. The summed E-state index contributed by atoms with van der Waals surface area (Å²) in [5.41, 5.74) is 0.0914. The molecule has 0 aromatic heterocycles. The molecule has 162 valence electrons. The summed E-state index contributed by atoms with van der Waals surface area (Å²) in [6, 6.07) is 7.41. The lowest BCUT2D eigenvalue weighted by Crippen LogP contribution is -2.44. The van der Waals surface area contributed by atoms with Crippen molar-refractivity contribution in [1.29, 1.82) is 0 Å². The summed E-state index contributed by atoms with van der Waals surface area (Å²) in [6.45, 7) is 8.29. The molecule has 2 saturated heterocycles. The van der Waals surface area contributed by atoms with E-state index in [-0.39, 0.29) is 17.9 Å². The van der Waals surface area contributed by atoms with E-state index in [1.807, 2.05) is 36.4 Å². The SMILES string of the molecule is CCN(CC)CCCNC(=O)C1[C@H]2C(=O)N(c3ccc(OC)cc3)C[C@]23C=C[C@H]1O3. The fourth-order valence-electron chi connectivity index (χ4n) is 4.95. The van der Waals surface area contributed by atoms with Crippen LogP contribution in [0.25, 0.3) is 0 Å². The van der Waals surface area contributed by atoms with Crippen LogP contribution in [0.15, 0.2) is 36.4 Å². The number of carbonyl (C=O) groups excluding carboxylic acids is 2. The number of benzene rings is 1. The van der Waals surface area contributed by atoms with Crippen LogP contribution in [0.2, 0.25) is 0 Å². The number of hydrogen-bond acceptors (Lipinski definition) is 5. The Hall–Kier alpha value is -2.38. The van der Waals surface area contributed by atoms with Gasteiger partial charge >= 0.3 is 0 Å². The van der Waals surface area contributed by atoms with Crippen molar-refractivity contribution < 1.29 is 19.1 Å². The van der Waals surface area contributed by atoms with Crippen molar-refractivity contribution in [2.45, 2.75) is 32.0 Å². The topological polar surface area (TPSA) is 71.1 Å². The minimum Gasteiger partial charge on any atom is -0.497 e. The van der Waals surface area contributed by atoms with Gasteiger partial charge in [0.15, 0.2) is 0 Å². The molecule has 0 radical (unpaired) electrons. The zero-order valence-electron chi connectivity index (χ0n) is 18.0. The van der Waals surface area contributed by atoms with Crippen molar-refractivity contribution in [1.82, 2.24) is 10.2 Å². The zero-order chi connectivity index (χ0) is 21.3. The van der Waals surface area contributed by atoms with Gasteiger partial charge in [0.05, 0.1) is 31.6 Å². The smallest absolute Gasteiger partial charge is 0.234 e. The lowest BCUT2D eigenvalue weighted by atomic mass is 9.77. The van der Waals surface area contributed by atoms with Gasteiger partial charge in [0.25, 0.3) is 0 Å². The number of nitrogens with zero attached hydrogens (tertiary/aromatic N) is 2. The van der Waals surface area contributed by atoms with Crippen molar-refractivity contribution >= 4 is 17.5 Å². The van der Waals surface area contributed by atoms with Gasteiger partial charge in [-0.2, -0.15) is 0 Å². The molecular formula is C23H31N3O4. The molecule has 1 spiro atoms. The number of ether oxygens (including phenoxy) is 2. The third-order valence-corrected chi connectivity index (χ3v) is 6.63. The molecule has 3 heterocycles. The van der Waals surface area contributed by atoms with Gasteiger partial charge in [-0.15, -0.1) is 0 Å². The van der Waals surface area contributed by atoms with E-state index in [2.05, 4.69) is 24.1 Å². The molecule has 4 atom stereocenters. The molecule has 3 aliphatic rings. The number of hydrogen-bond donors (Lipinski definition) is 1. The summed E-state index contributed by atoms with van der Waals surface area (Å²) in [6.07, 6.45) is 4.50. The highest BCUT2D eigenvalue weighted by molar-refractivity contribution is 6.03. The van der Waals surface area contributed by atoms with Crippen LogP contribution in [-0.2, 0) is 14.3 Å². The highest BCUT2D eigenvalue weighted by atomic mass is 16.5. The number of rotatable bonds is 9. The van der Waals surface area contributed by atoms with Crippen molar-refractivity contribution in [3.8, 4) is 5.75 Å². The minimum absolute atomic E-state index is 0.0460. The van der Waals surface area contributed by atoms with Gasteiger partial charge in [0, 0.05) is 12.2 Å². The molecule has 0 aliphatic carbocycles. The summed E-state index contributed by atoms with van der Waals surface area (Å²) in [5, 5.41) is 3.05. The fourth-order valence-corrected chi connectivity index (χ4v) is 4.95. The lowest BCUT2D eigenvalue weighted by molar-refractivity contribution is -0.131. The quantitative estimate of drug-likeness (QED) is 0.494.